The third-order valence-corrected chi connectivity index (χ3v) is 19.1. The number of carbonyl (C=O) groups excluding carboxylic acids is 7. The fraction of sp³-hybridized carbons (Fsp3) is 0.557. The molecule has 5 aliphatic rings. The fourth-order valence-corrected chi connectivity index (χ4v) is 13.6. The van der Waals surface area contributed by atoms with E-state index in [1.807, 2.05) is 24.3 Å². The number of thioether (sulfide) groups is 1. The summed E-state index contributed by atoms with van der Waals surface area (Å²) in [5, 5.41) is 108. The van der Waals surface area contributed by atoms with Crippen LogP contribution in [0.1, 0.15) is 92.8 Å². The Morgan fingerprint density at radius 3 is 1.94 bits per heavy atom. The Kier molecular flexibility index (Phi) is 24.0. The van der Waals surface area contributed by atoms with Gasteiger partial charge in [-0.3, -0.25) is 53.8 Å². The number of hydrogen-bond acceptors (Lipinski definition) is 23. The van der Waals surface area contributed by atoms with Crippen LogP contribution in [0.5, 0.6) is 11.5 Å². The Labute approximate surface area is 541 Å². The van der Waals surface area contributed by atoms with Gasteiger partial charge in [-0.1, -0.05) is 55.9 Å². The van der Waals surface area contributed by atoms with E-state index in [0.717, 1.165) is 84.5 Å². The number of fused-ring (bicyclic) bond motifs is 2. The highest BCUT2D eigenvalue weighted by molar-refractivity contribution is 8.27. The average molecular weight is 1340 g/mol. The summed E-state index contributed by atoms with van der Waals surface area (Å²) in [6, 6.07) is 5.25. The van der Waals surface area contributed by atoms with Crippen LogP contribution in [-0.2, 0) is 45.6 Å². The molecule has 4 aliphatic heterocycles. The van der Waals surface area contributed by atoms with E-state index in [1.165, 1.54) is 56.9 Å². The van der Waals surface area contributed by atoms with E-state index in [-0.39, 0.29) is 40.7 Å². The Bertz CT molecular complexity index is 3330. The number of rotatable bonds is 15. The van der Waals surface area contributed by atoms with Crippen LogP contribution in [0.4, 0.5) is 5.69 Å². The first-order chi connectivity index (χ1) is 44.0. The molecule has 1 saturated carbocycles. The van der Waals surface area contributed by atoms with Gasteiger partial charge in [0.2, 0.25) is 35.4 Å². The topological polar surface area (TPSA) is 472 Å². The van der Waals surface area contributed by atoms with Crippen molar-refractivity contribution in [1.82, 2.24) is 41.3 Å². The van der Waals surface area contributed by atoms with Gasteiger partial charge >= 0.3 is 10.4 Å². The van der Waals surface area contributed by atoms with Crippen molar-refractivity contribution < 1.29 is 86.5 Å². The number of nitrogens with zero attached hydrogens (tertiary/aromatic N) is 4. The number of phenolic OH excluding ortho intramolecular Hbond substituents is 1. The number of anilines is 1. The molecule has 32 heteroatoms. The Hall–Kier alpha value is -7.37. The van der Waals surface area contributed by atoms with E-state index < -0.39 is 174 Å². The van der Waals surface area contributed by atoms with Crippen LogP contribution >= 0.6 is 11.8 Å². The fourth-order valence-electron chi connectivity index (χ4n) is 12.5. The van der Waals surface area contributed by atoms with Gasteiger partial charge in [0, 0.05) is 99.4 Å². The van der Waals surface area contributed by atoms with Gasteiger partial charge in [0.25, 0.3) is 5.91 Å². The summed E-state index contributed by atoms with van der Waals surface area (Å²) < 4.78 is 36.8. The zero-order valence-corrected chi connectivity index (χ0v) is 53.3. The summed E-state index contributed by atoms with van der Waals surface area (Å²) in [5.41, 5.74) is 7.59. The summed E-state index contributed by atoms with van der Waals surface area (Å²) in [5.74, 6) is -9.84. The molecule has 5 fully saturated rings. The van der Waals surface area contributed by atoms with Gasteiger partial charge in [-0.05, 0) is 93.5 Å². The third-order valence-electron chi connectivity index (χ3n) is 17.8. The first kappa shape index (κ1) is 71.5. The second-order valence-corrected chi connectivity index (χ2v) is 26.8. The molecule has 7 amide bonds. The van der Waals surface area contributed by atoms with Gasteiger partial charge in [0.05, 0.1) is 36.6 Å². The van der Waals surface area contributed by atoms with E-state index in [4.69, 9.17) is 16.6 Å². The van der Waals surface area contributed by atoms with E-state index in [0.29, 0.717) is 17.2 Å². The van der Waals surface area contributed by atoms with Crippen molar-refractivity contribution in [2.75, 3.05) is 57.3 Å². The Balaban J connectivity index is 1.02. The molecule has 4 heterocycles. The maximum absolute atomic E-state index is 14.7. The zero-order chi connectivity index (χ0) is 67.7. The van der Waals surface area contributed by atoms with Crippen molar-refractivity contribution in [3.05, 3.63) is 89.0 Å². The maximum Gasteiger partial charge on any atom is 0.446 e. The molecule has 5 unspecified atom stereocenters. The number of hydrogen-bond donors (Lipinski definition) is 16. The molecule has 508 valence electrons. The van der Waals surface area contributed by atoms with E-state index in [9.17, 15) is 82.3 Å². The summed E-state index contributed by atoms with van der Waals surface area (Å²) in [6.45, 7) is 6.73. The number of carbonyl (C=O) groups is 7. The molecule has 3 aromatic carbocycles. The molecular formula is C61H84N12O18S2. The molecule has 0 spiro atoms. The molecule has 4 saturated heterocycles. The third kappa shape index (κ3) is 18.1. The van der Waals surface area contributed by atoms with E-state index >= 15 is 0 Å². The standard InChI is InChI=1S/C61H84N12O18S2/c1-31-4-13-38(14-5-31)70-20-22-71(23-21-70)39-15-11-36(12-16-39)54(64)92-53(63)35-7-9-37(10-8-35)55(81)66-42-26-40(75)28-65-59(85)51-52(80)32(2)29-73(51)61(87)50(45(78)18-19-62)69-58(84)49(46(79)24-34-6-17-44(77)47(25-34)91-93(88,89)90)68-57(83)43-27-41(76)30-72(43)60(86)48(33(3)74)67-56(42)82/h6-12,15-17,25,31-33,38,40-43,45-46,48-52,63-64,74-80H,4-5,13-14,18-24,26-30,62H2,1-3H3,(H,65,85)(H,66,81)(H,67,82)(H,68,83)(H,69,84)(H,88,89,90)/t31?,32?,33-,38?,40-,41-,42+,43?,45+,46-,48?,49+,50?,51?,52+/m1/s1. The van der Waals surface area contributed by atoms with Crippen molar-refractivity contribution >= 4 is 79.3 Å². The number of nitrogens with one attached hydrogen (secondary N) is 7. The van der Waals surface area contributed by atoms with Crippen LogP contribution in [0.3, 0.4) is 0 Å². The number of aliphatic hydroxyl groups is 6. The van der Waals surface area contributed by atoms with Crippen molar-refractivity contribution in [2.45, 2.75) is 151 Å². The highest BCUT2D eigenvalue weighted by Gasteiger charge is 2.50. The number of phenols is 1. The Morgan fingerprint density at radius 2 is 1.32 bits per heavy atom. The lowest BCUT2D eigenvalue weighted by molar-refractivity contribution is -0.147. The maximum atomic E-state index is 14.7. The van der Waals surface area contributed by atoms with Crippen LogP contribution in [0, 0.1) is 22.7 Å². The minimum atomic E-state index is -5.22. The SMILES string of the molecule is CC1CCC(N2CCN(c3ccc(C(=N)SC(=N)c4ccc(C(=O)N[C@H]5C[C@@H](O)CNC(=O)C6[C@@H](O)C(C)CN6C(=O)C([C@@H](O)CCN)NC(=O)[C@H]([C@H](O)Cc6ccc(O)c(OS(=O)(=O)O)c6)NC(=O)C6C[C@@H](O)CN6C(=O)C([C@@H](C)O)NC5=O)cc4)cc3)CC2)CC1. The molecule has 93 heavy (non-hydrogen) atoms. The molecule has 1 aliphatic carbocycles. The molecule has 3 aromatic rings. The van der Waals surface area contributed by atoms with Gasteiger partial charge in [-0.25, -0.2) is 0 Å². The van der Waals surface area contributed by atoms with Gasteiger partial charge in [-0.15, -0.1) is 0 Å². The first-order valence-electron chi connectivity index (χ1n) is 30.9. The normalized spacial score (nSPS) is 28.5. The van der Waals surface area contributed by atoms with Gasteiger partial charge < -0.3 is 86.9 Å². The van der Waals surface area contributed by atoms with E-state index in [1.54, 1.807) is 0 Å². The van der Waals surface area contributed by atoms with Gasteiger partial charge in [0.1, 0.15) is 46.3 Å². The number of benzene rings is 3. The number of piperazine rings is 1. The minimum absolute atomic E-state index is 0.0183. The molecule has 0 aromatic heterocycles. The second kappa shape index (κ2) is 31.2. The van der Waals surface area contributed by atoms with Crippen molar-refractivity contribution in [3.63, 3.8) is 0 Å². The minimum Gasteiger partial charge on any atom is -0.504 e. The average Bonchev–Trinajstić information content (AvgIpc) is 1.70. The molecule has 30 nitrogen and oxygen atoms in total. The van der Waals surface area contributed by atoms with Crippen molar-refractivity contribution in [3.8, 4) is 11.5 Å². The lowest BCUT2D eigenvalue weighted by Gasteiger charge is -2.42. The van der Waals surface area contributed by atoms with Crippen molar-refractivity contribution in [2.24, 2.45) is 17.6 Å². The summed E-state index contributed by atoms with van der Waals surface area (Å²) in [4.78, 5) is 108. The molecule has 0 radical (unpaired) electrons. The molecular weight excluding hydrogens is 1250 g/mol. The van der Waals surface area contributed by atoms with Crippen LogP contribution in [0.15, 0.2) is 66.7 Å². The number of aliphatic hydroxyl groups excluding tert-OH is 6. The summed E-state index contributed by atoms with van der Waals surface area (Å²) in [6.07, 6.45) is -7.87. The smallest absolute Gasteiger partial charge is 0.446 e. The molecule has 13 atom stereocenters. The predicted octanol–water partition coefficient (Wildman–Crippen LogP) is -2.34. The predicted molar refractivity (Wildman–Crippen MR) is 338 cm³/mol. The lowest BCUT2D eigenvalue weighted by atomic mass is 9.86. The Morgan fingerprint density at radius 1 is 0.731 bits per heavy atom. The monoisotopic (exact) mass is 1340 g/mol. The quantitative estimate of drug-likeness (QED) is 0.0430. The molecule has 8 rings (SSSR count). The zero-order valence-electron chi connectivity index (χ0n) is 51.7. The largest absolute Gasteiger partial charge is 0.504 e. The van der Waals surface area contributed by atoms with E-state index in [2.05, 4.69) is 47.5 Å². The highest BCUT2D eigenvalue weighted by Crippen LogP contribution is 2.32. The number of nitrogens with two attached hydrogens (primary N) is 1. The highest BCUT2D eigenvalue weighted by atomic mass is 32.3. The number of amides is 7. The number of aromatic hydroxyl groups is 1. The lowest BCUT2D eigenvalue weighted by Crippen LogP contribution is -2.64. The first-order valence-corrected chi connectivity index (χ1v) is 33.1. The number of β-amino-alcohol motifs (C(OH)–C–C–N with tert-alkyl or cyclic N) is 1. The van der Waals surface area contributed by atoms with Crippen LogP contribution < -0.4 is 41.4 Å². The van der Waals surface area contributed by atoms with Crippen LogP contribution in [0.2, 0.25) is 0 Å². The summed E-state index contributed by atoms with van der Waals surface area (Å²) >= 11 is 0.892. The van der Waals surface area contributed by atoms with Gasteiger partial charge in [0.15, 0.2) is 11.5 Å². The van der Waals surface area contributed by atoms with Gasteiger partial charge in [-0.2, -0.15) is 8.42 Å². The second-order valence-electron chi connectivity index (χ2n) is 24.7. The van der Waals surface area contributed by atoms with Crippen LogP contribution in [0.25, 0.3) is 0 Å². The molecule has 17 N–H and O–H groups in total. The van der Waals surface area contributed by atoms with Crippen molar-refractivity contribution in [1.29, 1.82) is 10.8 Å². The van der Waals surface area contributed by atoms with Crippen LogP contribution in [-0.4, -0.2) is 246 Å². The molecule has 0 bridgehead atoms. The summed E-state index contributed by atoms with van der Waals surface area (Å²) in [7, 11) is -5.22.